The normalized spacial score (nSPS) is 19.2. The summed E-state index contributed by atoms with van der Waals surface area (Å²) in [5.74, 6) is 0.909. The van der Waals surface area contributed by atoms with E-state index < -0.39 is 0 Å². The first-order valence-corrected chi connectivity index (χ1v) is 5.30. The summed E-state index contributed by atoms with van der Waals surface area (Å²) >= 11 is 0. The minimum atomic E-state index is -0.218. The number of rotatable bonds is 5. The van der Waals surface area contributed by atoms with Crippen LogP contribution in [0.1, 0.15) is 34.6 Å². The Hall–Kier alpha value is -0.0800. The maximum atomic E-state index is 10.0. The Labute approximate surface area is 82.9 Å². The van der Waals surface area contributed by atoms with Gasteiger partial charge in [-0.25, -0.2) is 0 Å². The molecular formula is C11H25NO. The number of aliphatic hydroxyl groups is 1. The van der Waals surface area contributed by atoms with Crippen molar-refractivity contribution in [3.63, 3.8) is 0 Å². The van der Waals surface area contributed by atoms with Gasteiger partial charge >= 0.3 is 0 Å². The third kappa shape index (κ3) is 3.65. The molecule has 0 aromatic rings. The highest BCUT2D eigenvalue weighted by Crippen LogP contribution is 2.19. The molecule has 0 saturated carbocycles. The predicted octanol–water partition coefficient (Wildman–Crippen LogP) is 1.98. The van der Waals surface area contributed by atoms with E-state index in [9.17, 15) is 5.11 Å². The van der Waals surface area contributed by atoms with Gasteiger partial charge in [-0.1, -0.05) is 27.7 Å². The third-order valence-corrected chi connectivity index (χ3v) is 3.28. The molecule has 13 heavy (non-hydrogen) atoms. The molecular weight excluding hydrogens is 162 g/mol. The maximum Gasteiger partial charge on any atom is 0.0720 e. The third-order valence-electron chi connectivity index (χ3n) is 3.28. The smallest absolute Gasteiger partial charge is 0.0720 e. The fourth-order valence-electron chi connectivity index (χ4n) is 1.38. The van der Waals surface area contributed by atoms with Crippen molar-refractivity contribution in [2.24, 2.45) is 11.8 Å². The zero-order chi connectivity index (χ0) is 10.6. The van der Waals surface area contributed by atoms with Crippen molar-refractivity contribution >= 4 is 0 Å². The van der Waals surface area contributed by atoms with E-state index in [1.54, 1.807) is 0 Å². The van der Waals surface area contributed by atoms with Gasteiger partial charge in [-0.2, -0.15) is 0 Å². The first-order valence-electron chi connectivity index (χ1n) is 5.30. The van der Waals surface area contributed by atoms with Crippen LogP contribution in [0.2, 0.25) is 0 Å². The molecule has 1 N–H and O–H groups in total. The lowest BCUT2D eigenvalue weighted by Crippen LogP contribution is -2.43. The van der Waals surface area contributed by atoms with Crippen LogP contribution in [-0.4, -0.2) is 35.7 Å². The fourth-order valence-corrected chi connectivity index (χ4v) is 1.38. The van der Waals surface area contributed by atoms with Crippen molar-refractivity contribution < 1.29 is 5.11 Å². The standard InChI is InChI=1S/C11H25NO/c1-7-12(6)10(5)11(13)9(4)8(2)3/h8-11,13H,7H2,1-6H3. The Morgan fingerprint density at radius 3 is 1.92 bits per heavy atom. The summed E-state index contributed by atoms with van der Waals surface area (Å²) in [4.78, 5) is 2.18. The van der Waals surface area contributed by atoms with Crippen LogP contribution in [-0.2, 0) is 0 Å². The largest absolute Gasteiger partial charge is 0.391 e. The molecule has 0 rings (SSSR count). The van der Waals surface area contributed by atoms with Crippen LogP contribution in [0.5, 0.6) is 0 Å². The van der Waals surface area contributed by atoms with Crippen LogP contribution in [0.3, 0.4) is 0 Å². The van der Waals surface area contributed by atoms with Crippen LogP contribution in [0.25, 0.3) is 0 Å². The number of hydrogen-bond donors (Lipinski definition) is 1. The summed E-state index contributed by atoms with van der Waals surface area (Å²) in [7, 11) is 2.06. The highest BCUT2D eigenvalue weighted by Gasteiger charge is 2.25. The van der Waals surface area contributed by atoms with Gasteiger partial charge in [-0.15, -0.1) is 0 Å². The molecule has 0 aromatic carbocycles. The van der Waals surface area contributed by atoms with Crippen molar-refractivity contribution in [2.45, 2.75) is 46.8 Å². The first-order chi connectivity index (χ1) is 5.91. The molecule has 3 atom stereocenters. The second kappa shape index (κ2) is 5.61. The Morgan fingerprint density at radius 2 is 1.62 bits per heavy atom. The summed E-state index contributed by atoms with van der Waals surface area (Å²) in [5, 5.41) is 10.0. The van der Waals surface area contributed by atoms with E-state index in [0.29, 0.717) is 11.8 Å². The van der Waals surface area contributed by atoms with E-state index in [2.05, 4.69) is 46.6 Å². The van der Waals surface area contributed by atoms with Gasteiger partial charge in [0, 0.05) is 6.04 Å². The van der Waals surface area contributed by atoms with Crippen molar-refractivity contribution in [1.29, 1.82) is 0 Å². The predicted molar refractivity (Wildman–Crippen MR) is 57.8 cm³/mol. The molecule has 0 aliphatic carbocycles. The molecule has 0 amide bonds. The van der Waals surface area contributed by atoms with Crippen molar-refractivity contribution in [3.05, 3.63) is 0 Å². The number of aliphatic hydroxyl groups excluding tert-OH is 1. The van der Waals surface area contributed by atoms with Crippen molar-refractivity contribution in [1.82, 2.24) is 4.90 Å². The summed E-state index contributed by atoms with van der Waals surface area (Å²) < 4.78 is 0. The molecule has 0 spiro atoms. The Balaban J connectivity index is 4.15. The summed E-state index contributed by atoms with van der Waals surface area (Å²) in [5.41, 5.74) is 0. The Bertz CT molecular complexity index is 136. The monoisotopic (exact) mass is 187 g/mol. The summed E-state index contributed by atoms with van der Waals surface area (Å²) in [6, 6.07) is 0.252. The molecule has 0 bridgehead atoms. The minimum Gasteiger partial charge on any atom is -0.391 e. The zero-order valence-corrected chi connectivity index (χ0v) is 9.91. The lowest BCUT2D eigenvalue weighted by molar-refractivity contribution is 0.0201. The molecule has 0 saturated heterocycles. The minimum absolute atomic E-state index is 0.218. The lowest BCUT2D eigenvalue weighted by atomic mass is 9.88. The molecule has 0 fully saturated rings. The van der Waals surface area contributed by atoms with Crippen LogP contribution in [0.4, 0.5) is 0 Å². The Morgan fingerprint density at radius 1 is 1.15 bits per heavy atom. The molecule has 0 radical (unpaired) electrons. The van der Waals surface area contributed by atoms with Gasteiger partial charge in [0.15, 0.2) is 0 Å². The molecule has 0 heterocycles. The van der Waals surface area contributed by atoms with E-state index in [1.807, 2.05) is 0 Å². The van der Waals surface area contributed by atoms with Crippen molar-refractivity contribution in [2.75, 3.05) is 13.6 Å². The quantitative estimate of drug-likeness (QED) is 0.711. The van der Waals surface area contributed by atoms with Gasteiger partial charge in [0.1, 0.15) is 0 Å². The van der Waals surface area contributed by atoms with Crippen LogP contribution in [0.15, 0.2) is 0 Å². The lowest BCUT2D eigenvalue weighted by Gasteiger charge is -2.33. The van der Waals surface area contributed by atoms with E-state index in [-0.39, 0.29) is 12.1 Å². The first kappa shape index (κ1) is 12.9. The van der Waals surface area contributed by atoms with Crippen LogP contribution < -0.4 is 0 Å². The van der Waals surface area contributed by atoms with Gasteiger partial charge in [0.25, 0.3) is 0 Å². The van der Waals surface area contributed by atoms with E-state index >= 15 is 0 Å². The van der Waals surface area contributed by atoms with E-state index in [0.717, 1.165) is 6.54 Å². The number of likely N-dealkylation sites (N-methyl/N-ethyl adjacent to an activating group) is 1. The molecule has 0 aliphatic rings. The summed E-state index contributed by atoms with van der Waals surface area (Å²) in [6.45, 7) is 11.6. The average molecular weight is 187 g/mol. The average Bonchev–Trinajstić information content (AvgIpc) is 2.12. The molecule has 80 valence electrons. The van der Waals surface area contributed by atoms with Gasteiger partial charge < -0.3 is 10.0 Å². The maximum absolute atomic E-state index is 10.0. The van der Waals surface area contributed by atoms with Crippen LogP contribution >= 0.6 is 0 Å². The zero-order valence-electron chi connectivity index (χ0n) is 9.91. The van der Waals surface area contributed by atoms with Gasteiger partial charge in [0.05, 0.1) is 6.10 Å². The second-order valence-electron chi connectivity index (χ2n) is 4.41. The molecule has 2 nitrogen and oxygen atoms in total. The molecule has 0 aliphatic heterocycles. The summed E-state index contributed by atoms with van der Waals surface area (Å²) in [6.07, 6.45) is -0.218. The number of nitrogens with zero attached hydrogens (tertiary/aromatic N) is 1. The van der Waals surface area contributed by atoms with E-state index in [1.165, 1.54) is 0 Å². The van der Waals surface area contributed by atoms with Gasteiger partial charge in [0.2, 0.25) is 0 Å². The van der Waals surface area contributed by atoms with Gasteiger partial charge in [-0.3, -0.25) is 0 Å². The highest BCUT2D eigenvalue weighted by atomic mass is 16.3. The second-order valence-corrected chi connectivity index (χ2v) is 4.41. The molecule has 0 aromatic heterocycles. The number of hydrogen-bond acceptors (Lipinski definition) is 2. The molecule has 2 heteroatoms. The highest BCUT2D eigenvalue weighted by molar-refractivity contribution is 4.78. The van der Waals surface area contributed by atoms with Gasteiger partial charge in [-0.05, 0) is 32.4 Å². The Kier molecular flexibility index (Phi) is 5.57. The topological polar surface area (TPSA) is 23.5 Å². The van der Waals surface area contributed by atoms with Crippen molar-refractivity contribution in [3.8, 4) is 0 Å². The SMILES string of the molecule is CCN(C)C(C)C(O)C(C)C(C)C. The molecule has 3 unspecified atom stereocenters. The van der Waals surface area contributed by atoms with Crippen LogP contribution in [0, 0.1) is 11.8 Å². The van der Waals surface area contributed by atoms with E-state index in [4.69, 9.17) is 0 Å². The fraction of sp³-hybridized carbons (Fsp3) is 1.00.